The molecule has 1 heterocycles. The number of aliphatic hydroxyl groups excluding tert-OH is 1. The fourth-order valence-electron chi connectivity index (χ4n) is 2.36. The van der Waals surface area contributed by atoms with Gasteiger partial charge in [0.05, 0.1) is 27.6 Å². The second kappa shape index (κ2) is 7.59. The van der Waals surface area contributed by atoms with Gasteiger partial charge in [-0.2, -0.15) is 4.31 Å². The normalized spacial score (nSPS) is 17.6. The molecule has 0 atom stereocenters. The van der Waals surface area contributed by atoms with Crippen LogP contribution in [-0.2, 0) is 10.0 Å². The van der Waals surface area contributed by atoms with Crippen LogP contribution in [0.15, 0.2) is 26.0 Å². The summed E-state index contributed by atoms with van der Waals surface area (Å²) < 4.78 is 33.3. The van der Waals surface area contributed by atoms with Gasteiger partial charge >= 0.3 is 0 Å². The SMILES string of the molecule is COc1c(Br)cc(S(=O)(=O)N2CCN(CCO)CC2)cc1Br. The van der Waals surface area contributed by atoms with Gasteiger partial charge < -0.3 is 9.84 Å². The van der Waals surface area contributed by atoms with Gasteiger partial charge in [0.1, 0.15) is 5.75 Å². The fourth-order valence-corrected chi connectivity index (χ4v) is 5.65. The third kappa shape index (κ3) is 3.82. The number of aliphatic hydroxyl groups is 1. The van der Waals surface area contributed by atoms with E-state index in [1.165, 1.54) is 11.4 Å². The molecule has 0 bridgehead atoms. The number of benzene rings is 1. The molecule has 6 nitrogen and oxygen atoms in total. The molecule has 0 saturated carbocycles. The van der Waals surface area contributed by atoms with E-state index in [1.807, 2.05) is 4.90 Å². The first-order valence-corrected chi connectivity index (χ1v) is 9.79. The van der Waals surface area contributed by atoms with Gasteiger partial charge in [0.25, 0.3) is 0 Å². The summed E-state index contributed by atoms with van der Waals surface area (Å²) in [6, 6.07) is 3.11. The Balaban J connectivity index is 2.21. The molecule has 0 spiro atoms. The van der Waals surface area contributed by atoms with Gasteiger partial charge in [0.15, 0.2) is 0 Å². The molecule has 1 saturated heterocycles. The Hall–Kier alpha value is -0.190. The molecule has 0 aliphatic carbocycles. The minimum Gasteiger partial charge on any atom is -0.494 e. The molecule has 9 heteroatoms. The van der Waals surface area contributed by atoms with Crippen LogP contribution in [0.1, 0.15) is 0 Å². The van der Waals surface area contributed by atoms with Crippen LogP contribution in [0.3, 0.4) is 0 Å². The molecular weight excluding hydrogens is 440 g/mol. The van der Waals surface area contributed by atoms with E-state index in [0.717, 1.165) is 0 Å². The summed E-state index contributed by atoms with van der Waals surface area (Å²) in [5, 5.41) is 8.94. The Morgan fingerprint density at radius 3 is 2.18 bits per heavy atom. The summed E-state index contributed by atoms with van der Waals surface area (Å²) in [5.74, 6) is 0.562. The Morgan fingerprint density at radius 2 is 1.73 bits per heavy atom. The fraction of sp³-hybridized carbons (Fsp3) is 0.538. The summed E-state index contributed by atoms with van der Waals surface area (Å²) in [7, 11) is -2.01. The smallest absolute Gasteiger partial charge is 0.243 e. The van der Waals surface area contributed by atoms with Gasteiger partial charge in [-0.1, -0.05) is 0 Å². The lowest BCUT2D eigenvalue weighted by Gasteiger charge is -2.33. The quantitative estimate of drug-likeness (QED) is 0.725. The molecular formula is C13H18Br2N2O4S. The molecule has 1 aromatic rings. The van der Waals surface area contributed by atoms with Crippen molar-refractivity contribution in [3.63, 3.8) is 0 Å². The van der Waals surface area contributed by atoms with E-state index >= 15 is 0 Å². The van der Waals surface area contributed by atoms with Crippen LogP contribution in [0.25, 0.3) is 0 Å². The number of hydrogen-bond acceptors (Lipinski definition) is 5. The minimum atomic E-state index is -3.54. The molecule has 0 radical (unpaired) electrons. The van der Waals surface area contributed by atoms with Crippen LogP contribution in [0, 0.1) is 0 Å². The average Bonchev–Trinajstić information content (AvgIpc) is 2.48. The molecule has 22 heavy (non-hydrogen) atoms. The number of rotatable bonds is 5. The van der Waals surface area contributed by atoms with Crippen LogP contribution in [0.2, 0.25) is 0 Å². The highest BCUT2D eigenvalue weighted by molar-refractivity contribution is 9.11. The summed E-state index contributed by atoms with van der Waals surface area (Å²) in [5.41, 5.74) is 0. The molecule has 1 aliphatic rings. The summed E-state index contributed by atoms with van der Waals surface area (Å²) >= 11 is 6.66. The third-order valence-electron chi connectivity index (χ3n) is 3.56. The average molecular weight is 458 g/mol. The highest BCUT2D eigenvalue weighted by Crippen LogP contribution is 2.36. The highest BCUT2D eigenvalue weighted by Gasteiger charge is 2.29. The van der Waals surface area contributed by atoms with Gasteiger partial charge in [0.2, 0.25) is 10.0 Å². The molecule has 1 aromatic carbocycles. The van der Waals surface area contributed by atoms with Crippen LogP contribution in [-0.4, -0.2) is 69.2 Å². The number of methoxy groups -OCH3 is 1. The number of halogens is 2. The van der Waals surface area contributed by atoms with Gasteiger partial charge in [-0.15, -0.1) is 0 Å². The van der Waals surface area contributed by atoms with Crippen LogP contribution in [0.5, 0.6) is 5.75 Å². The first-order chi connectivity index (χ1) is 10.4. The maximum atomic E-state index is 12.7. The van der Waals surface area contributed by atoms with Crippen molar-refractivity contribution in [1.82, 2.24) is 9.21 Å². The number of ether oxygens (including phenoxy) is 1. The topological polar surface area (TPSA) is 70.1 Å². The Bertz CT molecular complexity index is 608. The minimum absolute atomic E-state index is 0.0884. The zero-order chi connectivity index (χ0) is 16.3. The summed E-state index contributed by atoms with van der Waals surface area (Å²) in [6.07, 6.45) is 0. The number of hydrogen-bond donors (Lipinski definition) is 1. The van der Waals surface area contributed by atoms with Gasteiger partial charge in [-0.3, -0.25) is 4.90 Å². The van der Waals surface area contributed by atoms with Crippen LogP contribution >= 0.6 is 31.9 Å². The Kier molecular flexibility index (Phi) is 6.26. The van der Waals surface area contributed by atoms with Gasteiger partial charge in [-0.05, 0) is 44.0 Å². The van der Waals surface area contributed by atoms with Crippen LogP contribution < -0.4 is 4.74 Å². The lowest BCUT2D eigenvalue weighted by atomic mass is 10.3. The maximum Gasteiger partial charge on any atom is 0.243 e. The predicted octanol–water partition coefficient (Wildman–Crippen LogP) is 1.52. The van der Waals surface area contributed by atoms with E-state index in [1.54, 1.807) is 12.1 Å². The van der Waals surface area contributed by atoms with E-state index in [9.17, 15) is 8.42 Å². The van der Waals surface area contributed by atoms with E-state index < -0.39 is 10.0 Å². The highest BCUT2D eigenvalue weighted by atomic mass is 79.9. The van der Waals surface area contributed by atoms with Crippen molar-refractivity contribution in [2.45, 2.75) is 4.90 Å². The molecule has 124 valence electrons. The summed E-state index contributed by atoms with van der Waals surface area (Å²) in [6.45, 7) is 2.75. The molecule has 0 unspecified atom stereocenters. The Morgan fingerprint density at radius 1 is 1.18 bits per heavy atom. The number of piperazine rings is 1. The largest absolute Gasteiger partial charge is 0.494 e. The standard InChI is InChI=1S/C13H18Br2N2O4S/c1-21-13-11(14)8-10(9-12(13)15)22(19,20)17-4-2-16(3-5-17)6-7-18/h8-9,18H,2-7H2,1H3. The number of sulfonamides is 1. The van der Waals surface area contributed by atoms with E-state index in [0.29, 0.717) is 47.4 Å². The van der Waals surface area contributed by atoms with Gasteiger partial charge in [0, 0.05) is 32.7 Å². The first kappa shape index (κ1) is 18.2. The van der Waals surface area contributed by atoms with Crippen LogP contribution in [0.4, 0.5) is 0 Å². The molecule has 2 rings (SSSR count). The van der Waals surface area contributed by atoms with Crippen molar-refractivity contribution in [3.8, 4) is 5.75 Å². The van der Waals surface area contributed by atoms with E-state index in [-0.39, 0.29) is 11.5 Å². The second-order valence-electron chi connectivity index (χ2n) is 4.89. The molecule has 0 aromatic heterocycles. The predicted molar refractivity (Wildman–Crippen MR) is 90.7 cm³/mol. The maximum absolute atomic E-state index is 12.7. The third-order valence-corrected chi connectivity index (χ3v) is 6.62. The molecule has 1 N–H and O–H groups in total. The summed E-state index contributed by atoms with van der Waals surface area (Å²) in [4.78, 5) is 2.27. The molecule has 1 fully saturated rings. The first-order valence-electron chi connectivity index (χ1n) is 6.76. The van der Waals surface area contributed by atoms with E-state index in [2.05, 4.69) is 31.9 Å². The van der Waals surface area contributed by atoms with Crippen molar-refractivity contribution >= 4 is 41.9 Å². The monoisotopic (exact) mass is 456 g/mol. The lowest BCUT2D eigenvalue weighted by Crippen LogP contribution is -2.49. The van der Waals surface area contributed by atoms with E-state index in [4.69, 9.17) is 9.84 Å². The molecule has 1 aliphatic heterocycles. The van der Waals surface area contributed by atoms with Crippen molar-refractivity contribution < 1.29 is 18.3 Å². The van der Waals surface area contributed by atoms with Crippen molar-refractivity contribution in [2.75, 3.05) is 46.4 Å². The lowest BCUT2D eigenvalue weighted by molar-refractivity contribution is 0.151. The zero-order valence-corrected chi connectivity index (χ0v) is 16.1. The van der Waals surface area contributed by atoms with Gasteiger partial charge in [-0.25, -0.2) is 8.42 Å². The molecule has 0 amide bonds. The number of nitrogens with zero attached hydrogens (tertiary/aromatic N) is 2. The number of β-amino-alcohol motifs (C(OH)–C–C–N with tert-alkyl or cyclic N) is 1. The van der Waals surface area contributed by atoms with Crippen molar-refractivity contribution in [2.24, 2.45) is 0 Å². The van der Waals surface area contributed by atoms with Crippen molar-refractivity contribution in [1.29, 1.82) is 0 Å². The zero-order valence-electron chi connectivity index (χ0n) is 12.1. The Labute approximate surface area is 147 Å². The second-order valence-corrected chi connectivity index (χ2v) is 8.54. The van der Waals surface area contributed by atoms with Crippen molar-refractivity contribution in [3.05, 3.63) is 21.1 Å².